The summed E-state index contributed by atoms with van der Waals surface area (Å²) in [5.74, 6) is -0.206. The molecule has 0 rings (SSSR count). The molecule has 0 saturated heterocycles. The molecule has 0 heterocycles. The first kappa shape index (κ1) is 11.6. The topological polar surface area (TPSA) is 20.2 Å². The molecule has 0 fully saturated rings. The summed E-state index contributed by atoms with van der Waals surface area (Å²) in [6.45, 7) is 7.19. The first-order valence-corrected chi connectivity index (χ1v) is 4.30. The molecule has 4 heteroatoms. The first-order valence-electron chi connectivity index (χ1n) is 3.17. The summed E-state index contributed by atoms with van der Waals surface area (Å²) in [7, 11) is 0. The van der Waals surface area contributed by atoms with Crippen LogP contribution in [0.15, 0.2) is 12.2 Å². The van der Waals surface area contributed by atoms with Crippen LogP contribution in [0.2, 0.25) is 0 Å². The summed E-state index contributed by atoms with van der Waals surface area (Å²) in [5, 5.41) is 9.37. The Hall–Kier alpha value is 0.570. The molecule has 11 heavy (non-hydrogen) atoms. The molecule has 0 unspecified atom stereocenters. The number of aliphatic hydroxyl groups is 1. The third-order valence-electron chi connectivity index (χ3n) is 1.59. The van der Waals surface area contributed by atoms with Crippen molar-refractivity contribution >= 4 is 34.8 Å². The largest absolute Gasteiger partial charge is 0.388 e. The van der Waals surface area contributed by atoms with E-state index in [1.807, 2.05) is 0 Å². The molecule has 1 nitrogen and oxygen atoms in total. The lowest BCUT2D eigenvalue weighted by Gasteiger charge is -2.25. The highest BCUT2D eigenvalue weighted by Crippen LogP contribution is 2.35. The van der Waals surface area contributed by atoms with Crippen molar-refractivity contribution in [2.45, 2.75) is 23.7 Å². The first-order chi connectivity index (χ1) is 4.76. The average molecular weight is 218 g/mol. The summed E-state index contributed by atoms with van der Waals surface area (Å²) < 4.78 is -1.63. The van der Waals surface area contributed by atoms with Gasteiger partial charge >= 0.3 is 0 Å². The minimum absolute atomic E-state index is 0.206. The smallest absolute Gasteiger partial charge is 0.216 e. The summed E-state index contributed by atoms with van der Waals surface area (Å²) in [6, 6.07) is 0. The van der Waals surface area contributed by atoms with Gasteiger partial charge in [-0.3, -0.25) is 0 Å². The Bertz CT molecular complexity index is 150. The molecular formula is C7H11Cl3O. The molecule has 0 aromatic heterocycles. The van der Waals surface area contributed by atoms with Gasteiger partial charge in [0.15, 0.2) is 0 Å². The van der Waals surface area contributed by atoms with Crippen LogP contribution in [0.4, 0.5) is 0 Å². The predicted octanol–water partition coefficient (Wildman–Crippen LogP) is 2.93. The SMILES string of the molecule is C=C(C)[C@H](C)[C@H](O)C(Cl)(Cl)Cl. The fraction of sp³-hybridized carbons (Fsp3) is 0.714. The minimum Gasteiger partial charge on any atom is -0.388 e. The van der Waals surface area contributed by atoms with Gasteiger partial charge in [-0.1, -0.05) is 53.9 Å². The van der Waals surface area contributed by atoms with Crippen molar-refractivity contribution in [2.75, 3.05) is 0 Å². The number of alkyl halides is 3. The second-order valence-corrected chi connectivity index (χ2v) is 4.99. The predicted molar refractivity (Wildman–Crippen MR) is 50.3 cm³/mol. The average Bonchev–Trinajstić information content (AvgIpc) is 1.82. The zero-order chi connectivity index (χ0) is 9.23. The molecule has 0 amide bonds. The van der Waals surface area contributed by atoms with Gasteiger partial charge in [-0.05, 0) is 6.92 Å². The fourth-order valence-electron chi connectivity index (χ4n) is 0.553. The van der Waals surface area contributed by atoms with Gasteiger partial charge in [0.25, 0.3) is 0 Å². The Kier molecular flexibility index (Phi) is 4.20. The van der Waals surface area contributed by atoms with E-state index in [1.54, 1.807) is 13.8 Å². The number of aliphatic hydroxyl groups excluding tert-OH is 1. The zero-order valence-corrected chi connectivity index (χ0v) is 8.71. The monoisotopic (exact) mass is 216 g/mol. The van der Waals surface area contributed by atoms with Crippen molar-refractivity contribution in [3.63, 3.8) is 0 Å². The van der Waals surface area contributed by atoms with E-state index in [4.69, 9.17) is 34.8 Å². The van der Waals surface area contributed by atoms with Gasteiger partial charge in [0, 0.05) is 5.92 Å². The number of hydrogen-bond acceptors (Lipinski definition) is 1. The molecule has 0 aliphatic heterocycles. The van der Waals surface area contributed by atoms with Crippen LogP contribution in [0.1, 0.15) is 13.8 Å². The van der Waals surface area contributed by atoms with E-state index < -0.39 is 9.90 Å². The van der Waals surface area contributed by atoms with Crippen molar-refractivity contribution in [3.05, 3.63) is 12.2 Å². The second kappa shape index (κ2) is 3.99. The van der Waals surface area contributed by atoms with Gasteiger partial charge < -0.3 is 5.11 Å². The Morgan fingerprint density at radius 2 is 1.82 bits per heavy atom. The van der Waals surface area contributed by atoms with Crippen LogP contribution in [0.5, 0.6) is 0 Å². The summed E-state index contributed by atoms with van der Waals surface area (Å²) in [4.78, 5) is 0. The molecule has 0 radical (unpaired) electrons. The molecule has 0 aromatic rings. The van der Waals surface area contributed by atoms with Crippen molar-refractivity contribution < 1.29 is 5.11 Å². The lowest BCUT2D eigenvalue weighted by Crippen LogP contribution is -2.32. The summed E-state index contributed by atoms with van der Waals surface area (Å²) in [6.07, 6.45) is -0.995. The highest BCUT2D eigenvalue weighted by molar-refractivity contribution is 6.68. The van der Waals surface area contributed by atoms with Gasteiger partial charge in [0.1, 0.15) is 6.10 Å². The van der Waals surface area contributed by atoms with Crippen molar-refractivity contribution in [1.29, 1.82) is 0 Å². The maximum absolute atomic E-state index is 9.37. The normalized spacial score (nSPS) is 17.6. The number of halogens is 3. The van der Waals surface area contributed by atoms with Crippen LogP contribution >= 0.6 is 34.8 Å². The van der Waals surface area contributed by atoms with E-state index in [0.29, 0.717) is 0 Å². The molecule has 0 saturated carbocycles. The highest BCUT2D eigenvalue weighted by Gasteiger charge is 2.35. The lowest BCUT2D eigenvalue weighted by atomic mass is 9.99. The summed E-state index contributed by atoms with van der Waals surface area (Å²) in [5.41, 5.74) is 0.795. The maximum atomic E-state index is 9.37. The number of rotatable bonds is 2. The van der Waals surface area contributed by atoms with Crippen LogP contribution in [0.25, 0.3) is 0 Å². The standard InChI is InChI=1S/C7H11Cl3O/c1-4(2)5(3)6(11)7(8,9)10/h5-6,11H,1H2,2-3H3/t5-,6-/m0/s1. The van der Waals surface area contributed by atoms with Gasteiger partial charge in [0.2, 0.25) is 3.79 Å². The Labute approximate surface area is 81.9 Å². The Morgan fingerprint density at radius 3 is 1.91 bits per heavy atom. The van der Waals surface area contributed by atoms with Crippen LogP contribution in [-0.2, 0) is 0 Å². The van der Waals surface area contributed by atoms with Gasteiger partial charge in [-0.15, -0.1) is 0 Å². The highest BCUT2D eigenvalue weighted by atomic mass is 35.6. The molecule has 1 N–H and O–H groups in total. The maximum Gasteiger partial charge on any atom is 0.216 e. The lowest BCUT2D eigenvalue weighted by molar-refractivity contribution is 0.137. The zero-order valence-electron chi connectivity index (χ0n) is 6.44. The summed E-state index contributed by atoms with van der Waals surface area (Å²) >= 11 is 16.4. The van der Waals surface area contributed by atoms with E-state index in [0.717, 1.165) is 5.57 Å². The van der Waals surface area contributed by atoms with Crippen LogP contribution in [-0.4, -0.2) is 15.0 Å². The molecule has 66 valence electrons. The van der Waals surface area contributed by atoms with Crippen LogP contribution in [0.3, 0.4) is 0 Å². The molecule has 0 aromatic carbocycles. The molecule has 0 aliphatic rings. The van der Waals surface area contributed by atoms with E-state index in [-0.39, 0.29) is 5.92 Å². The fourth-order valence-corrected chi connectivity index (χ4v) is 1.12. The molecule has 0 bridgehead atoms. The van der Waals surface area contributed by atoms with Crippen molar-refractivity contribution in [1.82, 2.24) is 0 Å². The number of hydrogen-bond donors (Lipinski definition) is 1. The van der Waals surface area contributed by atoms with Gasteiger partial charge in [-0.2, -0.15) is 0 Å². The molecular weight excluding hydrogens is 206 g/mol. The van der Waals surface area contributed by atoms with E-state index >= 15 is 0 Å². The van der Waals surface area contributed by atoms with E-state index in [1.165, 1.54) is 0 Å². The molecule has 2 atom stereocenters. The van der Waals surface area contributed by atoms with Gasteiger partial charge in [0.05, 0.1) is 0 Å². The quantitative estimate of drug-likeness (QED) is 0.557. The third-order valence-corrected chi connectivity index (χ3v) is 2.26. The Balaban J connectivity index is 4.25. The van der Waals surface area contributed by atoms with E-state index in [2.05, 4.69) is 6.58 Å². The van der Waals surface area contributed by atoms with Crippen molar-refractivity contribution in [3.8, 4) is 0 Å². The second-order valence-electron chi connectivity index (χ2n) is 2.62. The Morgan fingerprint density at radius 1 is 1.45 bits per heavy atom. The van der Waals surface area contributed by atoms with E-state index in [9.17, 15) is 5.11 Å². The molecule has 0 aliphatic carbocycles. The van der Waals surface area contributed by atoms with Crippen LogP contribution in [0, 0.1) is 5.92 Å². The minimum atomic E-state index is -1.63. The molecule has 0 spiro atoms. The van der Waals surface area contributed by atoms with Crippen LogP contribution < -0.4 is 0 Å². The van der Waals surface area contributed by atoms with Crippen molar-refractivity contribution in [2.24, 2.45) is 5.92 Å². The van der Waals surface area contributed by atoms with Gasteiger partial charge in [-0.25, -0.2) is 0 Å². The third kappa shape index (κ3) is 3.66.